The largest absolute Gasteiger partial charge is 0.388 e. The van der Waals surface area contributed by atoms with E-state index >= 15 is 0 Å². The van der Waals surface area contributed by atoms with Gasteiger partial charge in [0.2, 0.25) is 5.91 Å². The number of H-pyrrole nitrogens is 1. The molecule has 2 fully saturated rings. The zero-order valence-electron chi connectivity index (χ0n) is 22.6. The zero-order valence-corrected chi connectivity index (χ0v) is 22.6. The number of aromatic nitrogens is 4. The second-order valence-corrected chi connectivity index (χ2v) is 11.1. The number of nitrogens with one attached hydrogen (secondary N) is 1. The van der Waals surface area contributed by atoms with Crippen LogP contribution in [0, 0.1) is 5.92 Å². The van der Waals surface area contributed by atoms with Crippen LogP contribution < -0.4 is 5.56 Å². The van der Waals surface area contributed by atoms with Crippen LogP contribution in [0.3, 0.4) is 0 Å². The molecular formula is C30H34N6O4. The van der Waals surface area contributed by atoms with E-state index in [-0.39, 0.29) is 35.8 Å². The number of carbonyl (C=O) groups is 2. The molecule has 10 heteroatoms. The van der Waals surface area contributed by atoms with E-state index in [0.717, 1.165) is 5.56 Å². The van der Waals surface area contributed by atoms with E-state index < -0.39 is 5.60 Å². The molecule has 2 N–H and O–H groups in total. The summed E-state index contributed by atoms with van der Waals surface area (Å²) in [5.74, 6) is -0.372. The standard InChI is InChI=1S/C30H34N6O4/c1-33-14-9-23-26(33)32-20-36(28(23)38)19-30(40)11-16-34(17-12-30)27(37)22-10-15-35(29(39)25-8-5-13-31-25)18-24(22)21-6-3-2-4-7-21/h2-9,13-14,20,22,24,31,40H,10-12,15-19H2,1H3/t22-,24+/m1/s1. The summed E-state index contributed by atoms with van der Waals surface area (Å²) < 4.78 is 3.27. The molecule has 2 atom stereocenters. The van der Waals surface area contributed by atoms with Crippen molar-refractivity contribution in [2.24, 2.45) is 13.0 Å². The molecule has 3 aromatic heterocycles. The van der Waals surface area contributed by atoms with Crippen molar-refractivity contribution < 1.29 is 14.7 Å². The molecule has 0 radical (unpaired) electrons. The molecule has 40 heavy (non-hydrogen) atoms. The lowest BCUT2D eigenvalue weighted by atomic mass is 9.79. The van der Waals surface area contributed by atoms with Gasteiger partial charge in [-0.1, -0.05) is 30.3 Å². The summed E-state index contributed by atoms with van der Waals surface area (Å²) in [5.41, 5.74) is 0.926. The third-order valence-corrected chi connectivity index (χ3v) is 8.59. The molecule has 2 amide bonds. The summed E-state index contributed by atoms with van der Waals surface area (Å²) in [6.07, 6.45) is 6.35. The number of rotatable bonds is 5. The first-order chi connectivity index (χ1) is 19.3. The third kappa shape index (κ3) is 4.83. The highest BCUT2D eigenvalue weighted by Gasteiger charge is 2.41. The van der Waals surface area contributed by atoms with Crippen LogP contribution in [-0.4, -0.2) is 77.6 Å². The highest BCUT2D eigenvalue weighted by molar-refractivity contribution is 5.92. The second kappa shape index (κ2) is 10.4. The predicted octanol–water partition coefficient (Wildman–Crippen LogP) is 2.36. The lowest BCUT2D eigenvalue weighted by molar-refractivity contribution is -0.142. The molecule has 0 spiro atoms. The first-order valence-electron chi connectivity index (χ1n) is 13.8. The molecule has 4 aromatic rings. The van der Waals surface area contributed by atoms with Crippen LogP contribution in [-0.2, 0) is 18.4 Å². The van der Waals surface area contributed by atoms with Crippen LogP contribution in [0.2, 0.25) is 0 Å². The first-order valence-corrected chi connectivity index (χ1v) is 13.8. The molecule has 0 saturated carbocycles. The molecule has 6 rings (SSSR count). The highest BCUT2D eigenvalue weighted by Crippen LogP contribution is 2.36. The maximum Gasteiger partial charge on any atom is 0.270 e. The van der Waals surface area contributed by atoms with Gasteiger partial charge in [0.25, 0.3) is 11.5 Å². The number of carbonyl (C=O) groups excluding carboxylic acids is 2. The van der Waals surface area contributed by atoms with E-state index in [9.17, 15) is 19.5 Å². The fourth-order valence-corrected chi connectivity index (χ4v) is 6.25. The summed E-state index contributed by atoms with van der Waals surface area (Å²) in [7, 11) is 1.84. The van der Waals surface area contributed by atoms with Crippen molar-refractivity contribution in [1.82, 2.24) is 28.9 Å². The Balaban J connectivity index is 1.15. The molecule has 2 aliphatic rings. The van der Waals surface area contributed by atoms with E-state index in [4.69, 9.17) is 0 Å². The smallest absolute Gasteiger partial charge is 0.270 e. The second-order valence-electron chi connectivity index (χ2n) is 11.1. The summed E-state index contributed by atoms with van der Waals surface area (Å²) in [5, 5.41) is 11.9. The van der Waals surface area contributed by atoms with Crippen molar-refractivity contribution in [2.75, 3.05) is 26.2 Å². The molecule has 0 unspecified atom stereocenters. The van der Waals surface area contributed by atoms with Crippen molar-refractivity contribution in [3.8, 4) is 0 Å². The number of aromatic amines is 1. The molecule has 5 heterocycles. The number of hydrogen-bond acceptors (Lipinski definition) is 5. The van der Waals surface area contributed by atoms with E-state index in [1.54, 1.807) is 29.1 Å². The highest BCUT2D eigenvalue weighted by atomic mass is 16.3. The van der Waals surface area contributed by atoms with Crippen LogP contribution in [0.4, 0.5) is 0 Å². The van der Waals surface area contributed by atoms with Crippen LogP contribution in [0.25, 0.3) is 11.0 Å². The Labute approximate surface area is 231 Å². The fourth-order valence-electron chi connectivity index (χ4n) is 6.25. The Morgan fingerprint density at radius 3 is 2.55 bits per heavy atom. The molecule has 1 aromatic carbocycles. The average molecular weight is 543 g/mol. The summed E-state index contributed by atoms with van der Waals surface area (Å²) in [6.45, 7) is 1.93. The lowest BCUT2D eigenvalue weighted by Crippen LogP contribution is -2.53. The molecule has 2 saturated heterocycles. The van der Waals surface area contributed by atoms with Crippen molar-refractivity contribution in [1.29, 1.82) is 0 Å². The summed E-state index contributed by atoms with van der Waals surface area (Å²) in [6, 6.07) is 15.3. The lowest BCUT2D eigenvalue weighted by Gasteiger charge is -2.43. The number of likely N-dealkylation sites (tertiary alicyclic amines) is 2. The van der Waals surface area contributed by atoms with Gasteiger partial charge in [0.1, 0.15) is 17.7 Å². The normalized spacial score (nSPS) is 21.1. The summed E-state index contributed by atoms with van der Waals surface area (Å²) >= 11 is 0. The number of hydrogen-bond donors (Lipinski definition) is 2. The van der Waals surface area contributed by atoms with Crippen molar-refractivity contribution in [3.05, 3.63) is 88.9 Å². The average Bonchev–Trinajstić information content (AvgIpc) is 3.65. The Kier molecular flexibility index (Phi) is 6.79. The Morgan fingerprint density at radius 2 is 1.82 bits per heavy atom. The monoisotopic (exact) mass is 542 g/mol. The molecule has 2 aliphatic heterocycles. The van der Waals surface area contributed by atoms with E-state index in [2.05, 4.69) is 9.97 Å². The predicted molar refractivity (Wildman–Crippen MR) is 150 cm³/mol. The first kappa shape index (κ1) is 26.1. The van der Waals surface area contributed by atoms with Gasteiger partial charge >= 0.3 is 0 Å². The minimum absolute atomic E-state index is 0.0571. The van der Waals surface area contributed by atoms with Crippen molar-refractivity contribution in [2.45, 2.75) is 37.3 Å². The van der Waals surface area contributed by atoms with E-state index in [1.807, 2.05) is 53.2 Å². The van der Waals surface area contributed by atoms with Gasteiger partial charge in [0, 0.05) is 57.5 Å². The number of amides is 2. The SMILES string of the molecule is Cn1ccc2c(=O)n(CC3(O)CCN(C(=O)[C@@H]4CCN(C(=O)c5ccc[nH]5)C[C@H]4c4ccccc4)CC3)cnc21. The van der Waals surface area contributed by atoms with Gasteiger partial charge in [-0.2, -0.15) is 0 Å². The van der Waals surface area contributed by atoms with E-state index in [1.165, 1.54) is 10.9 Å². The number of aliphatic hydroxyl groups is 1. The van der Waals surface area contributed by atoms with Gasteiger partial charge in [-0.15, -0.1) is 0 Å². The number of nitrogens with zero attached hydrogens (tertiary/aromatic N) is 5. The Bertz CT molecular complexity index is 1570. The van der Waals surface area contributed by atoms with Crippen LogP contribution in [0.5, 0.6) is 0 Å². The minimum Gasteiger partial charge on any atom is -0.388 e. The molecule has 208 valence electrons. The summed E-state index contributed by atoms with van der Waals surface area (Å²) in [4.78, 5) is 51.0. The maximum absolute atomic E-state index is 13.9. The molecule has 0 aliphatic carbocycles. The minimum atomic E-state index is -1.10. The van der Waals surface area contributed by atoms with Gasteiger partial charge in [-0.05, 0) is 43.0 Å². The Hall–Kier alpha value is -4.18. The maximum atomic E-state index is 13.9. The van der Waals surface area contributed by atoms with Crippen molar-refractivity contribution in [3.63, 3.8) is 0 Å². The van der Waals surface area contributed by atoms with Crippen molar-refractivity contribution >= 4 is 22.8 Å². The van der Waals surface area contributed by atoms with Crippen LogP contribution >= 0.6 is 0 Å². The quantitative estimate of drug-likeness (QED) is 0.402. The Morgan fingerprint density at radius 1 is 1.05 bits per heavy atom. The molecule has 10 nitrogen and oxygen atoms in total. The number of aryl methyl sites for hydroxylation is 1. The zero-order chi connectivity index (χ0) is 27.9. The number of piperidine rings is 2. The fraction of sp³-hybridized carbons (Fsp3) is 0.400. The number of benzene rings is 1. The molecular weight excluding hydrogens is 508 g/mol. The third-order valence-electron chi connectivity index (χ3n) is 8.59. The topological polar surface area (TPSA) is 116 Å². The molecule has 0 bridgehead atoms. The van der Waals surface area contributed by atoms with E-state index in [0.29, 0.717) is 62.2 Å². The van der Waals surface area contributed by atoms with Crippen LogP contribution in [0.1, 0.15) is 41.2 Å². The van der Waals surface area contributed by atoms with Gasteiger partial charge < -0.3 is 24.5 Å². The van der Waals surface area contributed by atoms with Crippen LogP contribution in [0.15, 0.2) is 72.0 Å². The van der Waals surface area contributed by atoms with Gasteiger partial charge in [0.15, 0.2) is 0 Å². The van der Waals surface area contributed by atoms with Gasteiger partial charge in [-0.3, -0.25) is 19.0 Å². The van der Waals surface area contributed by atoms with Gasteiger partial charge in [0.05, 0.1) is 17.5 Å². The number of fused-ring (bicyclic) bond motifs is 1. The van der Waals surface area contributed by atoms with Gasteiger partial charge in [-0.25, -0.2) is 4.98 Å².